The third-order valence-electron chi connectivity index (χ3n) is 4.57. The zero-order valence-corrected chi connectivity index (χ0v) is 13.8. The van der Waals surface area contributed by atoms with Crippen molar-refractivity contribution in [1.82, 2.24) is 0 Å². The number of hydrogen-bond donors (Lipinski definition) is 0. The molecule has 0 spiro atoms. The standard InChI is InChI=1S/C21H19NO2/c1-23-19(24-2)13-22-12-17-9-8-16-7-6-14-4-3-5-15-10-11-18(17)21(16)20(14)15/h3-12,19H,13H2,1-2H3. The van der Waals surface area contributed by atoms with Gasteiger partial charge in [0, 0.05) is 26.0 Å². The van der Waals surface area contributed by atoms with E-state index < -0.39 is 0 Å². The maximum Gasteiger partial charge on any atom is 0.176 e. The van der Waals surface area contributed by atoms with Crippen molar-refractivity contribution in [2.45, 2.75) is 6.29 Å². The number of methoxy groups -OCH3 is 2. The summed E-state index contributed by atoms with van der Waals surface area (Å²) in [5.41, 5.74) is 1.12. The van der Waals surface area contributed by atoms with Crippen molar-refractivity contribution >= 4 is 38.5 Å². The van der Waals surface area contributed by atoms with Gasteiger partial charge in [-0.05, 0) is 32.3 Å². The zero-order valence-electron chi connectivity index (χ0n) is 13.8. The number of ether oxygens (including phenoxy) is 2. The summed E-state index contributed by atoms with van der Waals surface area (Å²) in [5.74, 6) is 0. The molecule has 0 radical (unpaired) electrons. The average molecular weight is 317 g/mol. The zero-order chi connectivity index (χ0) is 16.5. The minimum absolute atomic E-state index is 0.305. The first-order valence-corrected chi connectivity index (χ1v) is 8.04. The molecule has 0 saturated heterocycles. The average Bonchev–Trinajstić information content (AvgIpc) is 2.64. The lowest BCUT2D eigenvalue weighted by Gasteiger charge is -2.12. The fourth-order valence-corrected chi connectivity index (χ4v) is 3.35. The normalized spacial score (nSPS) is 12.5. The van der Waals surface area contributed by atoms with Crippen LogP contribution in [-0.2, 0) is 9.47 Å². The van der Waals surface area contributed by atoms with E-state index in [1.165, 1.54) is 32.3 Å². The van der Waals surface area contributed by atoms with Gasteiger partial charge in [0.25, 0.3) is 0 Å². The minimum atomic E-state index is -0.305. The summed E-state index contributed by atoms with van der Waals surface area (Å²) in [6.07, 6.45) is 1.61. The van der Waals surface area contributed by atoms with Crippen LogP contribution in [0.4, 0.5) is 0 Å². The first-order chi connectivity index (χ1) is 11.8. The highest BCUT2D eigenvalue weighted by Gasteiger charge is 2.10. The van der Waals surface area contributed by atoms with E-state index in [1.807, 2.05) is 6.21 Å². The van der Waals surface area contributed by atoms with Crippen LogP contribution in [-0.4, -0.2) is 33.3 Å². The van der Waals surface area contributed by atoms with Crippen molar-refractivity contribution in [2.75, 3.05) is 20.8 Å². The second-order valence-corrected chi connectivity index (χ2v) is 5.91. The highest BCUT2D eigenvalue weighted by Crippen LogP contribution is 2.35. The topological polar surface area (TPSA) is 30.8 Å². The van der Waals surface area contributed by atoms with Crippen molar-refractivity contribution in [1.29, 1.82) is 0 Å². The predicted molar refractivity (Wildman–Crippen MR) is 100 cm³/mol. The molecule has 0 aliphatic rings. The van der Waals surface area contributed by atoms with Crippen LogP contribution in [0, 0.1) is 0 Å². The SMILES string of the molecule is COC(CN=Cc1ccc2ccc3cccc4ccc1c2c34)OC. The van der Waals surface area contributed by atoms with Crippen LogP contribution < -0.4 is 0 Å². The Balaban J connectivity index is 1.86. The van der Waals surface area contributed by atoms with Crippen molar-refractivity contribution < 1.29 is 9.47 Å². The van der Waals surface area contributed by atoms with Gasteiger partial charge in [-0.1, -0.05) is 54.6 Å². The first-order valence-electron chi connectivity index (χ1n) is 8.04. The maximum absolute atomic E-state index is 5.18. The van der Waals surface area contributed by atoms with Crippen LogP contribution in [0.1, 0.15) is 5.56 Å². The Morgan fingerprint density at radius 2 is 1.46 bits per heavy atom. The third kappa shape index (κ3) is 2.42. The predicted octanol–water partition coefficient (Wildman–Crippen LogP) is 4.62. The molecule has 3 nitrogen and oxygen atoms in total. The van der Waals surface area contributed by atoms with Gasteiger partial charge in [-0.3, -0.25) is 4.99 Å². The fraction of sp³-hybridized carbons (Fsp3) is 0.190. The number of benzene rings is 4. The van der Waals surface area contributed by atoms with Crippen molar-refractivity contribution in [2.24, 2.45) is 4.99 Å². The van der Waals surface area contributed by atoms with Gasteiger partial charge in [0.05, 0.1) is 6.54 Å². The summed E-state index contributed by atoms with van der Waals surface area (Å²) in [7, 11) is 3.25. The Kier molecular flexibility index (Phi) is 3.89. The lowest BCUT2D eigenvalue weighted by atomic mass is 9.92. The molecule has 0 aliphatic heterocycles. The number of hydrogen-bond acceptors (Lipinski definition) is 3. The molecule has 0 atom stereocenters. The first kappa shape index (κ1) is 15.1. The van der Waals surface area contributed by atoms with E-state index in [9.17, 15) is 0 Å². The second-order valence-electron chi connectivity index (χ2n) is 5.91. The summed E-state index contributed by atoms with van der Waals surface area (Å²) >= 11 is 0. The van der Waals surface area contributed by atoms with Crippen LogP contribution in [0.3, 0.4) is 0 Å². The molecule has 4 aromatic rings. The van der Waals surface area contributed by atoms with E-state index in [0.717, 1.165) is 5.56 Å². The Bertz CT molecular complexity index is 1000. The molecule has 4 aromatic carbocycles. The van der Waals surface area contributed by atoms with E-state index in [0.29, 0.717) is 6.54 Å². The summed E-state index contributed by atoms with van der Waals surface area (Å²) in [4.78, 5) is 4.49. The highest BCUT2D eigenvalue weighted by atomic mass is 16.7. The van der Waals surface area contributed by atoms with E-state index in [1.54, 1.807) is 14.2 Å². The molecule has 0 heterocycles. The molecular weight excluding hydrogens is 298 g/mol. The largest absolute Gasteiger partial charge is 0.354 e. The molecule has 0 fully saturated rings. The molecule has 3 heteroatoms. The quantitative estimate of drug-likeness (QED) is 0.305. The Morgan fingerprint density at radius 3 is 2.17 bits per heavy atom. The molecule has 0 aliphatic carbocycles. The molecular formula is C21H19NO2. The van der Waals surface area contributed by atoms with Crippen LogP contribution in [0.25, 0.3) is 32.3 Å². The van der Waals surface area contributed by atoms with Gasteiger partial charge >= 0.3 is 0 Å². The van der Waals surface area contributed by atoms with E-state index in [4.69, 9.17) is 9.47 Å². The fourth-order valence-electron chi connectivity index (χ4n) is 3.35. The number of rotatable bonds is 5. The third-order valence-corrected chi connectivity index (χ3v) is 4.57. The summed E-state index contributed by atoms with van der Waals surface area (Å²) < 4.78 is 10.4. The molecule has 0 N–H and O–H groups in total. The van der Waals surface area contributed by atoms with Crippen molar-refractivity contribution in [3.63, 3.8) is 0 Å². The molecule has 0 unspecified atom stereocenters. The van der Waals surface area contributed by atoms with Gasteiger partial charge in [0.1, 0.15) is 0 Å². The summed E-state index contributed by atoms with van der Waals surface area (Å²) in [6, 6.07) is 19.5. The van der Waals surface area contributed by atoms with E-state index >= 15 is 0 Å². The van der Waals surface area contributed by atoms with Crippen molar-refractivity contribution in [3.05, 3.63) is 60.2 Å². The maximum atomic E-state index is 5.18. The Labute approximate surface area is 140 Å². The number of nitrogens with zero attached hydrogens (tertiary/aromatic N) is 1. The summed E-state index contributed by atoms with van der Waals surface area (Å²) in [5, 5.41) is 7.68. The molecule has 0 bridgehead atoms. The number of aliphatic imine (C=N–C) groups is 1. The van der Waals surface area contributed by atoms with Crippen LogP contribution in [0.5, 0.6) is 0 Å². The molecule has 0 aromatic heterocycles. The van der Waals surface area contributed by atoms with Gasteiger partial charge in [0.15, 0.2) is 6.29 Å². The molecule has 0 saturated carbocycles. The van der Waals surface area contributed by atoms with Crippen LogP contribution in [0.2, 0.25) is 0 Å². The van der Waals surface area contributed by atoms with Gasteiger partial charge in [0.2, 0.25) is 0 Å². The van der Waals surface area contributed by atoms with Crippen LogP contribution >= 0.6 is 0 Å². The van der Waals surface area contributed by atoms with Crippen molar-refractivity contribution in [3.8, 4) is 0 Å². The molecule has 120 valence electrons. The lowest BCUT2D eigenvalue weighted by Crippen LogP contribution is -2.16. The molecule has 4 rings (SSSR count). The van der Waals surface area contributed by atoms with Crippen LogP contribution in [0.15, 0.2) is 59.6 Å². The van der Waals surface area contributed by atoms with Gasteiger partial charge in [-0.2, -0.15) is 0 Å². The lowest BCUT2D eigenvalue weighted by molar-refractivity contribution is -0.0936. The summed E-state index contributed by atoms with van der Waals surface area (Å²) in [6.45, 7) is 0.481. The monoisotopic (exact) mass is 317 g/mol. The second kappa shape index (κ2) is 6.19. The Morgan fingerprint density at radius 1 is 0.833 bits per heavy atom. The molecule has 24 heavy (non-hydrogen) atoms. The van der Waals surface area contributed by atoms with Gasteiger partial charge in [-0.15, -0.1) is 0 Å². The smallest absolute Gasteiger partial charge is 0.176 e. The van der Waals surface area contributed by atoms with Gasteiger partial charge < -0.3 is 9.47 Å². The Hall–Kier alpha value is -2.49. The van der Waals surface area contributed by atoms with Gasteiger partial charge in [-0.25, -0.2) is 0 Å². The highest BCUT2D eigenvalue weighted by molar-refractivity contribution is 6.25. The minimum Gasteiger partial charge on any atom is -0.354 e. The molecule has 0 amide bonds. The van der Waals surface area contributed by atoms with E-state index in [2.05, 4.69) is 59.6 Å². The van der Waals surface area contributed by atoms with E-state index in [-0.39, 0.29) is 6.29 Å².